The van der Waals surface area contributed by atoms with Gasteiger partial charge in [0.1, 0.15) is 6.61 Å². The minimum absolute atomic E-state index is 0.0599. The molecule has 0 heterocycles. The van der Waals surface area contributed by atoms with E-state index in [-0.39, 0.29) is 12.5 Å². The number of hydrogen-bond donors (Lipinski definition) is 2. The van der Waals surface area contributed by atoms with Crippen molar-refractivity contribution in [1.29, 1.82) is 0 Å². The Kier molecular flexibility index (Phi) is 4.11. The fourth-order valence-electron chi connectivity index (χ4n) is 2.88. The molecule has 0 aromatic heterocycles. The van der Waals surface area contributed by atoms with E-state index in [9.17, 15) is 9.90 Å². The van der Waals surface area contributed by atoms with Gasteiger partial charge in [0.05, 0.1) is 6.10 Å². The molecular formula is C18H19NO3. The third-order valence-corrected chi connectivity index (χ3v) is 3.89. The molecule has 2 aromatic carbocycles. The number of amides is 1. The van der Waals surface area contributed by atoms with Crippen LogP contribution in [0.25, 0.3) is 11.1 Å². The minimum Gasteiger partial charge on any atom is -0.449 e. The molecule has 0 unspecified atom stereocenters. The molecule has 0 radical (unpaired) electrons. The Hall–Kier alpha value is -2.33. The van der Waals surface area contributed by atoms with Gasteiger partial charge in [-0.15, -0.1) is 0 Å². The van der Waals surface area contributed by atoms with E-state index in [1.807, 2.05) is 24.3 Å². The van der Waals surface area contributed by atoms with E-state index in [2.05, 4.69) is 29.6 Å². The number of rotatable bonds is 4. The molecule has 0 saturated carbocycles. The molecule has 0 fully saturated rings. The van der Waals surface area contributed by atoms with Crippen molar-refractivity contribution in [2.24, 2.45) is 0 Å². The van der Waals surface area contributed by atoms with Crippen LogP contribution in [0.3, 0.4) is 0 Å². The third-order valence-electron chi connectivity index (χ3n) is 3.89. The van der Waals surface area contributed by atoms with Gasteiger partial charge in [0, 0.05) is 12.5 Å². The molecule has 0 bridgehead atoms. The molecule has 1 aliphatic rings. The van der Waals surface area contributed by atoms with Crippen molar-refractivity contribution >= 4 is 6.09 Å². The lowest BCUT2D eigenvalue weighted by Gasteiger charge is -2.15. The molecule has 2 N–H and O–H groups in total. The highest BCUT2D eigenvalue weighted by molar-refractivity contribution is 5.79. The maximum Gasteiger partial charge on any atom is 0.407 e. The van der Waals surface area contributed by atoms with E-state index in [4.69, 9.17) is 4.74 Å². The summed E-state index contributed by atoms with van der Waals surface area (Å²) in [5.41, 5.74) is 4.78. The van der Waals surface area contributed by atoms with Crippen LogP contribution in [0.4, 0.5) is 4.79 Å². The molecule has 4 heteroatoms. The van der Waals surface area contributed by atoms with Gasteiger partial charge in [0.25, 0.3) is 0 Å². The SMILES string of the molecule is C[C@H](O)CNC(=O)OCC1c2ccccc2-c2ccccc21. The first kappa shape index (κ1) is 14.6. The van der Waals surface area contributed by atoms with E-state index in [0.29, 0.717) is 6.61 Å². The molecule has 114 valence electrons. The number of aliphatic hydroxyl groups excluding tert-OH is 1. The van der Waals surface area contributed by atoms with Gasteiger partial charge in [-0.2, -0.15) is 0 Å². The Labute approximate surface area is 129 Å². The average molecular weight is 297 g/mol. The second-order valence-corrected chi connectivity index (χ2v) is 5.56. The van der Waals surface area contributed by atoms with E-state index in [1.165, 1.54) is 22.3 Å². The Bertz CT molecular complexity index is 636. The van der Waals surface area contributed by atoms with Crippen molar-refractivity contribution in [1.82, 2.24) is 5.32 Å². The molecule has 0 spiro atoms. The fourth-order valence-corrected chi connectivity index (χ4v) is 2.88. The van der Waals surface area contributed by atoms with Crippen LogP contribution in [0.1, 0.15) is 24.0 Å². The molecule has 4 nitrogen and oxygen atoms in total. The molecule has 0 aliphatic heterocycles. The number of alkyl carbamates (subject to hydrolysis) is 1. The predicted octanol–water partition coefficient (Wildman–Crippen LogP) is 2.91. The molecule has 1 atom stereocenters. The van der Waals surface area contributed by atoms with Crippen LogP contribution in [-0.2, 0) is 4.74 Å². The zero-order valence-corrected chi connectivity index (χ0v) is 12.5. The fraction of sp³-hybridized carbons (Fsp3) is 0.278. The smallest absolute Gasteiger partial charge is 0.407 e. The Morgan fingerprint density at radius 1 is 1.14 bits per heavy atom. The highest BCUT2D eigenvalue weighted by Gasteiger charge is 2.28. The summed E-state index contributed by atoms with van der Waals surface area (Å²) >= 11 is 0. The van der Waals surface area contributed by atoms with Gasteiger partial charge in [-0.1, -0.05) is 48.5 Å². The molecule has 2 aromatic rings. The maximum atomic E-state index is 11.7. The number of carbonyl (C=O) groups excluding carboxylic acids is 1. The molecule has 0 saturated heterocycles. The van der Waals surface area contributed by atoms with Crippen LogP contribution in [0.2, 0.25) is 0 Å². The van der Waals surface area contributed by atoms with E-state index in [0.717, 1.165) is 0 Å². The molecular weight excluding hydrogens is 278 g/mol. The van der Waals surface area contributed by atoms with Crippen LogP contribution in [0, 0.1) is 0 Å². The summed E-state index contributed by atoms with van der Waals surface area (Å²) in [4.78, 5) is 11.7. The van der Waals surface area contributed by atoms with Crippen LogP contribution >= 0.6 is 0 Å². The van der Waals surface area contributed by atoms with Gasteiger partial charge in [-0.25, -0.2) is 4.79 Å². The molecule has 22 heavy (non-hydrogen) atoms. The van der Waals surface area contributed by atoms with Gasteiger partial charge >= 0.3 is 6.09 Å². The summed E-state index contributed by atoms with van der Waals surface area (Å²) in [6.07, 6.45) is -1.08. The van der Waals surface area contributed by atoms with Gasteiger partial charge in [0.2, 0.25) is 0 Å². The number of ether oxygens (including phenoxy) is 1. The zero-order valence-electron chi connectivity index (χ0n) is 12.5. The number of carbonyl (C=O) groups is 1. The van der Waals surface area contributed by atoms with Crippen molar-refractivity contribution in [3.8, 4) is 11.1 Å². The summed E-state index contributed by atoms with van der Waals surface area (Å²) < 4.78 is 5.33. The van der Waals surface area contributed by atoms with Crippen LogP contribution < -0.4 is 5.32 Å². The summed E-state index contributed by atoms with van der Waals surface area (Å²) in [6, 6.07) is 16.4. The van der Waals surface area contributed by atoms with Gasteiger partial charge in [0.15, 0.2) is 0 Å². The summed E-state index contributed by atoms with van der Waals surface area (Å²) in [6.45, 7) is 2.10. The minimum atomic E-state index is -0.583. The van der Waals surface area contributed by atoms with Crippen molar-refractivity contribution in [2.45, 2.75) is 18.9 Å². The number of benzene rings is 2. The first-order valence-electron chi connectivity index (χ1n) is 7.43. The standard InChI is InChI=1S/C18H19NO3/c1-12(20)10-19-18(21)22-11-17-15-8-4-2-6-13(15)14-7-3-5-9-16(14)17/h2-9,12,17,20H,10-11H2,1H3,(H,19,21)/t12-/m0/s1. The summed E-state index contributed by atoms with van der Waals surface area (Å²) in [7, 11) is 0. The molecule has 1 amide bonds. The topological polar surface area (TPSA) is 58.6 Å². The van der Waals surface area contributed by atoms with Crippen molar-refractivity contribution in [3.63, 3.8) is 0 Å². The summed E-state index contributed by atoms with van der Waals surface area (Å²) in [5, 5.41) is 11.7. The Morgan fingerprint density at radius 3 is 2.23 bits per heavy atom. The average Bonchev–Trinajstić information content (AvgIpc) is 2.85. The first-order valence-corrected chi connectivity index (χ1v) is 7.43. The quantitative estimate of drug-likeness (QED) is 0.912. The number of nitrogens with one attached hydrogen (secondary N) is 1. The number of hydrogen-bond acceptors (Lipinski definition) is 3. The van der Waals surface area contributed by atoms with Gasteiger partial charge in [-0.05, 0) is 29.2 Å². The molecule has 1 aliphatic carbocycles. The monoisotopic (exact) mass is 297 g/mol. The Balaban J connectivity index is 1.75. The first-order chi connectivity index (χ1) is 10.7. The normalized spacial score (nSPS) is 14.1. The predicted molar refractivity (Wildman–Crippen MR) is 84.8 cm³/mol. The highest BCUT2D eigenvalue weighted by Crippen LogP contribution is 2.44. The van der Waals surface area contributed by atoms with Crippen molar-refractivity contribution in [3.05, 3.63) is 59.7 Å². The maximum absolute atomic E-state index is 11.7. The van der Waals surface area contributed by atoms with E-state index >= 15 is 0 Å². The van der Waals surface area contributed by atoms with Gasteiger partial charge in [-0.3, -0.25) is 0 Å². The van der Waals surface area contributed by atoms with Crippen molar-refractivity contribution in [2.75, 3.05) is 13.2 Å². The number of aliphatic hydroxyl groups is 1. The van der Waals surface area contributed by atoms with Crippen LogP contribution in [0.5, 0.6) is 0 Å². The van der Waals surface area contributed by atoms with Crippen LogP contribution in [0.15, 0.2) is 48.5 Å². The highest BCUT2D eigenvalue weighted by atomic mass is 16.5. The Morgan fingerprint density at radius 2 is 1.68 bits per heavy atom. The second-order valence-electron chi connectivity index (χ2n) is 5.56. The lowest BCUT2D eigenvalue weighted by atomic mass is 9.98. The van der Waals surface area contributed by atoms with E-state index < -0.39 is 12.2 Å². The third kappa shape index (κ3) is 2.83. The largest absolute Gasteiger partial charge is 0.449 e. The molecule has 3 rings (SSSR count). The van der Waals surface area contributed by atoms with E-state index in [1.54, 1.807) is 6.92 Å². The van der Waals surface area contributed by atoms with Gasteiger partial charge < -0.3 is 15.2 Å². The van der Waals surface area contributed by atoms with Crippen molar-refractivity contribution < 1.29 is 14.6 Å². The zero-order chi connectivity index (χ0) is 15.5. The second kappa shape index (κ2) is 6.20. The van der Waals surface area contributed by atoms with Crippen LogP contribution in [-0.4, -0.2) is 30.5 Å². The number of fused-ring (bicyclic) bond motifs is 3. The lowest BCUT2D eigenvalue weighted by molar-refractivity contribution is 0.132. The lowest BCUT2D eigenvalue weighted by Crippen LogP contribution is -2.31. The summed E-state index contributed by atoms with van der Waals surface area (Å²) in [5.74, 6) is 0.0599.